The first-order valence-electron chi connectivity index (χ1n) is 4.41. The standard InChI is InChI=1S/C5H11N3O.C2HF3O2/c6-5-2-1-3-8(4-5)7-9;3-2(4,5)1(6)7/h5H,1-4,6H2;(H,6,7)/t5-;/m1./s1. The Bertz CT molecular complexity index is 247. The van der Waals surface area contributed by atoms with Crippen molar-refractivity contribution >= 4 is 5.97 Å². The fourth-order valence-electron chi connectivity index (χ4n) is 1.06. The van der Waals surface area contributed by atoms with E-state index < -0.39 is 12.1 Å². The summed E-state index contributed by atoms with van der Waals surface area (Å²) in [7, 11) is 0. The first kappa shape index (κ1) is 14.6. The van der Waals surface area contributed by atoms with E-state index in [0.29, 0.717) is 6.54 Å². The maximum Gasteiger partial charge on any atom is 0.490 e. The second-order valence-electron chi connectivity index (χ2n) is 3.20. The Balaban J connectivity index is 0.000000293. The number of nitrogens with two attached hydrogens (primary N) is 1. The maximum absolute atomic E-state index is 10.6. The third kappa shape index (κ3) is 6.17. The Labute approximate surface area is 89.1 Å². The third-order valence-corrected chi connectivity index (χ3v) is 1.79. The molecule has 0 bridgehead atoms. The number of alkyl halides is 3. The summed E-state index contributed by atoms with van der Waals surface area (Å²) in [5.74, 6) is -2.76. The highest BCUT2D eigenvalue weighted by molar-refractivity contribution is 5.73. The van der Waals surface area contributed by atoms with E-state index in [1.807, 2.05) is 0 Å². The van der Waals surface area contributed by atoms with Crippen molar-refractivity contribution in [2.75, 3.05) is 13.1 Å². The molecule has 1 rings (SSSR count). The summed E-state index contributed by atoms with van der Waals surface area (Å²) in [5, 5.41) is 11.4. The largest absolute Gasteiger partial charge is 0.490 e. The topological polar surface area (TPSA) is 96.0 Å². The van der Waals surface area contributed by atoms with E-state index in [-0.39, 0.29) is 6.04 Å². The lowest BCUT2D eigenvalue weighted by Crippen LogP contribution is -2.39. The molecular formula is C7H12F3N3O3. The molecule has 1 saturated heterocycles. The molecule has 0 radical (unpaired) electrons. The number of hydrogen-bond acceptors (Lipinski definition) is 4. The van der Waals surface area contributed by atoms with Gasteiger partial charge in [0.25, 0.3) is 0 Å². The molecule has 1 fully saturated rings. The lowest BCUT2D eigenvalue weighted by molar-refractivity contribution is -0.192. The molecule has 16 heavy (non-hydrogen) atoms. The van der Waals surface area contributed by atoms with Gasteiger partial charge in [0.15, 0.2) is 0 Å². The first-order valence-corrected chi connectivity index (χ1v) is 4.41. The zero-order valence-electron chi connectivity index (χ0n) is 8.28. The summed E-state index contributed by atoms with van der Waals surface area (Å²) in [6, 6.07) is 0.149. The molecule has 0 aromatic rings. The van der Waals surface area contributed by atoms with Crippen LogP contribution in [0, 0.1) is 4.91 Å². The van der Waals surface area contributed by atoms with Crippen LogP contribution < -0.4 is 5.73 Å². The van der Waals surface area contributed by atoms with Gasteiger partial charge in [-0.1, -0.05) is 0 Å². The van der Waals surface area contributed by atoms with E-state index in [1.165, 1.54) is 5.01 Å². The lowest BCUT2D eigenvalue weighted by atomic mass is 10.1. The molecule has 1 aliphatic heterocycles. The van der Waals surface area contributed by atoms with Crippen LogP contribution in [0.15, 0.2) is 5.29 Å². The predicted molar refractivity (Wildman–Crippen MR) is 48.3 cm³/mol. The molecule has 1 heterocycles. The van der Waals surface area contributed by atoms with Crippen molar-refractivity contribution in [1.29, 1.82) is 0 Å². The second-order valence-corrected chi connectivity index (χ2v) is 3.20. The monoisotopic (exact) mass is 243 g/mol. The van der Waals surface area contributed by atoms with Crippen LogP contribution in [-0.2, 0) is 4.79 Å². The average molecular weight is 243 g/mol. The molecule has 6 nitrogen and oxygen atoms in total. The van der Waals surface area contributed by atoms with E-state index in [0.717, 1.165) is 19.4 Å². The summed E-state index contributed by atoms with van der Waals surface area (Å²) in [6.07, 6.45) is -3.07. The smallest absolute Gasteiger partial charge is 0.475 e. The molecule has 0 unspecified atom stereocenters. The van der Waals surface area contributed by atoms with Crippen molar-refractivity contribution < 1.29 is 23.1 Å². The molecule has 3 N–H and O–H groups in total. The van der Waals surface area contributed by atoms with Crippen molar-refractivity contribution in [2.45, 2.75) is 25.1 Å². The van der Waals surface area contributed by atoms with Gasteiger partial charge in [0.2, 0.25) is 0 Å². The van der Waals surface area contributed by atoms with Gasteiger partial charge in [0, 0.05) is 12.6 Å². The summed E-state index contributed by atoms with van der Waals surface area (Å²) in [6.45, 7) is 1.40. The molecule has 9 heteroatoms. The second kappa shape index (κ2) is 6.26. The van der Waals surface area contributed by atoms with E-state index in [1.54, 1.807) is 0 Å². The van der Waals surface area contributed by atoms with Crippen molar-refractivity contribution in [3.8, 4) is 0 Å². The van der Waals surface area contributed by atoms with Crippen LogP contribution in [0.2, 0.25) is 0 Å². The molecule has 0 aliphatic carbocycles. The van der Waals surface area contributed by atoms with Crippen molar-refractivity contribution in [3.05, 3.63) is 4.91 Å². The average Bonchev–Trinajstić information content (AvgIpc) is 2.17. The maximum atomic E-state index is 10.6. The molecule has 0 aromatic heterocycles. The molecule has 1 atom stereocenters. The molecular weight excluding hydrogens is 231 g/mol. The van der Waals surface area contributed by atoms with Gasteiger partial charge in [-0.2, -0.15) is 13.2 Å². The fraction of sp³-hybridized carbons (Fsp3) is 0.857. The quantitative estimate of drug-likeness (QED) is 0.661. The number of nitrogens with zero attached hydrogens (tertiary/aromatic N) is 2. The number of carboxylic acid groups (broad SMARTS) is 1. The minimum Gasteiger partial charge on any atom is -0.475 e. The van der Waals surface area contributed by atoms with Gasteiger partial charge in [-0.3, -0.25) is 5.01 Å². The van der Waals surface area contributed by atoms with Gasteiger partial charge < -0.3 is 10.8 Å². The fourth-order valence-corrected chi connectivity index (χ4v) is 1.06. The SMILES string of the molecule is N[C@@H]1CCCN(N=O)C1.O=C(O)C(F)(F)F. The first-order chi connectivity index (χ1) is 7.27. The van der Waals surface area contributed by atoms with Crippen molar-refractivity contribution in [2.24, 2.45) is 11.0 Å². The van der Waals surface area contributed by atoms with E-state index in [2.05, 4.69) is 5.29 Å². The zero-order valence-corrected chi connectivity index (χ0v) is 8.28. The Kier molecular flexibility index (Phi) is 5.72. The zero-order chi connectivity index (χ0) is 12.8. The van der Waals surface area contributed by atoms with Crippen LogP contribution in [0.3, 0.4) is 0 Å². The van der Waals surface area contributed by atoms with E-state index in [4.69, 9.17) is 15.6 Å². The molecule has 0 amide bonds. The number of carbonyl (C=O) groups is 1. The normalized spacial score (nSPS) is 20.8. The number of hydrogen-bond donors (Lipinski definition) is 2. The van der Waals surface area contributed by atoms with Crippen LogP contribution in [0.1, 0.15) is 12.8 Å². The predicted octanol–water partition coefficient (Wildman–Crippen LogP) is 0.724. The van der Waals surface area contributed by atoms with E-state index in [9.17, 15) is 18.1 Å². The number of nitroso groups, excluding NO2 is 1. The Morgan fingerprint density at radius 3 is 2.25 bits per heavy atom. The van der Waals surface area contributed by atoms with Crippen molar-refractivity contribution in [1.82, 2.24) is 5.01 Å². The van der Waals surface area contributed by atoms with E-state index >= 15 is 0 Å². The highest BCUT2D eigenvalue weighted by Crippen LogP contribution is 2.13. The molecule has 1 aliphatic rings. The molecule has 0 aromatic carbocycles. The third-order valence-electron chi connectivity index (χ3n) is 1.79. The van der Waals surface area contributed by atoms with Gasteiger partial charge in [0.1, 0.15) is 0 Å². The molecule has 0 spiro atoms. The highest BCUT2D eigenvalue weighted by atomic mass is 19.4. The highest BCUT2D eigenvalue weighted by Gasteiger charge is 2.38. The van der Waals surface area contributed by atoms with Crippen LogP contribution in [0.4, 0.5) is 13.2 Å². The minimum absolute atomic E-state index is 0.149. The Morgan fingerprint density at radius 1 is 1.50 bits per heavy atom. The summed E-state index contributed by atoms with van der Waals surface area (Å²) in [5.41, 5.74) is 5.56. The Morgan fingerprint density at radius 2 is 2.00 bits per heavy atom. The van der Waals surface area contributed by atoms with Crippen LogP contribution in [-0.4, -0.2) is 41.4 Å². The summed E-state index contributed by atoms with van der Waals surface area (Å²) >= 11 is 0. The Hall–Kier alpha value is -1.38. The molecule has 0 saturated carbocycles. The summed E-state index contributed by atoms with van der Waals surface area (Å²) in [4.78, 5) is 18.8. The number of halogens is 3. The number of piperidine rings is 1. The van der Waals surface area contributed by atoms with Gasteiger partial charge in [-0.15, -0.1) is 4.91 Å². The van der Waals surface area contributed by atoms with Gasteiger partial charge in [-0.25, -0.2) is 4.79 Å². The van der Waals surface area contributed by atoms with Crippen molar-refractivity contribution in [3.63, 3.8) is 0 Å². The molecule has 94 valence electrons. The van der Waals surface area contributed by atoms with Gasteiger partial charge in [0.05, 0.1) is 11.8 Å². The number of aliphatic carboxylic acids is 1. The minimum atomic E-state index is -5.08. The van der Waals surface area contributed by atoms with Crippen LogP contribution in [0.25, 0.3) is 0 Å². The van der Waals surface area contributed by atoms with Gasteiger partial charge in [-0.05, 0) is 12.8 Å². The number of rotatable bonds is 1. The van der Waals surface area contributed by atoms with Crippen LogP contribution in [0.5, 0.6) is 0 Å². The number of carboxylic acids is 1. The van der Waals surface area contributed by atoms with Crippen LogP contribution >= 0.6 is 0 Å². The summed E-state index contributed by atoms with van der Waals surface area (Å²) < 4.78 is 31.7. The lowest BCUT2D eigenvalue weighted by Gasteiger charge is -2.24. The van der Waals surface area contributed by atoms with Gasteiger partial charge >= 0.3 is 12.1 Å².